The molecule has 0 spiro atoms. The molecule has 1 heterocycles. The smallest absolute Gasteiger partial charge is 0.203 e. The summed E-state index contributed by atoms with van der Waals surface area (Å²) in [6.07, 6.45) is 1.62. The average molecular weight is 327 g/mol. The average Bonchev–Trinajstić information content (AvgIpc) is 3.06. The Labute approximate surface area is 137 Å². The number of hydrogen-bond donors (Lipinski definition) is 1. The summed E-state index contributed by atoms with van der Waals surface area (Å²) in [4.78, 5) is 4.48. The van der Waals surface area contributed by atoms with E-state index in [1.807, 2.05) is 29.6 Å². The van der Waals surface area contributed by atoms with Crippen molar-refractivity contribution in [3.8, 4) is 17.0 Å². The molecule has 3 rings (SSSR count). The molecule has 3 aromatic rings. The highest BCUT2D eigenvalue weighted by atomic mass is 32.1. The first-order chi connectivity index (χ1) is 11.2. The van der Waals surface area contributed by atoms with E-state index in [-0.39, 0.29) is 5.82 Å². The van der Waals surface area contributed by atoms with Crippen molar-refractivity contribution in [2.45, 2.75) is 0 Å². The Bertz CT molecular complexity index is 815. The Morgan fingerprint density at radius 2 is 2.04 bits per heavy atom. The van der Waals surface area contributed by atoms with Crippen LogP contribution >= 0.6 is 11.3 Å². The maximum atomic E-state index is 12.8. The predicted molar refractivity (Wildman–Crippen MR) is 91.7 cm³/mol. The van der Waals surface area contributed by atoms with Crippen molar-refractivity contribution in [1.29, 1.82) is 0 Å². The Kier molecular flexibility index (Phi) is 4.63. The molecule has 0 atom stereocenters. The SMILES string of the molecule is COc1cccc(-c2csc(N/N=C\c3ccc(F)cc3)n2)c1. The van der Waals surface area contributed by atoms with Gasteiger partial charge in [0.1, 0.15) is 11.6 Å². The Balaban J connectivity index is 1.68. The molecule has 0 saturated heterocycles. The van der Waals surface area contributed by atoms with Crippen molar-refractivity contribution >= 4 is 22.7 Å². The fourth-order valence-corrected chi connectivity index (χ4v) is 2.62. The summed E-state index contributed by atoms with van der Waals surface area (Å²) < 4.78 is 18.0. The van der Waals surface area contributed by atoms with E-state index in [0.717, 1.165) is 22.6 Å². The molecule has 0 unspecified atom stereocenters. The van der Waals surface area contributed by atoms with E-state index in [0.29, 0.717) is 5.13 Å². The third-order valence-corrected chi connectivity index (χ3v) is 3.86. The number of methoxy groups -OCH3 is 1. The van der Waals surface area contributed by atoms with Crippen molar-refractivity contribution in [2.75, 3.05) is 12.5 Å². The van der Waals surface area contributed by atoms with E-state index in [4.69, 9.17) is 4.74 Å². The maximum absolute atomic E-state index is 12.8. The number of nitrogens with zero attached hydrogens (tertiary/aromatic N) is 2. The molecule has 1 aromatic heterocycles. The maximum Gasteiger partial charge on any atom is 0.203 e. The van der Waals surface area contributed by atoms with Crippen LogP contribution in [0.2, 0.25) is 0 Å². The molecule has 0 saturated carbocycles. The lowest BCUT2D eigenvalue weighted by molar-refractivity contribution is 0.415. The van der Waals surface area contributed by atoms with Crippen LogP contribution in [0.15, 0.2) is 59.0 Å². The number of anilines is 1. The van der Waals surface area contributed by atoms with E-state index in [1.54, 1.807) is 25.5 Å². The summed E-state index contributed by atoms with van der Waals surface area (Å²) in [5, 5.41) is 6.74. The molecule has 23 heavy (non-hydrogen) atoms. The zero-order valence-electron chi connectivity index (χ0n) is 12.4. The monoisotopic (exact) mass is 327 g/mol. The molecule has 6 heteroatoms. The molecule has 0 fully saturated rings. The van der Waals surface area contributed by atoms with Gasteiger partial charge in [-0.05, 0) is 29.8 Å². The Morgan fingerprint density at radius 3 is 2.83 bits per heavy atom. The molecule has 0 aliphatic heterocycles. The lowest BCUT2D eigenvalue weighted by atomic mass is 10.2. The van der Waals surface area contributed by atoms with Crippen LogP contribution in [0.4, 0.5) is 9.52 Å². The van der Waals surface area contributed by atoms with Gasteiger partial charge in [0, 0.05) is 10.9 Å². The molecule has 1 N–H and O–H groups in total. The minimum Gasteiger partial charge on any atom is -0.497 e. The van der Waals surface area contributed by atoms with Crippen LogP contribution < -0.4 is 10.2 Å². The Hall–Kier alpha value is -2.73. The number of ether oxygens (including phenoxy) is 1. The molecule has 116 valence electrons. The summed E-state index contributed by atoms with van der Waals surface area (Å²) in [5.41, 5.74) is 5.52. The van der Waals surface area contributed by atoms with Crippen LogP contribution in [0.5, 0.6) is 5.75 Å². The van der Waals surface area contributed by atoms with Crippen LogP contribution in [-0.2, 0) is 0 Å². The second-order valence-corrected chi connectivity index (χ2v) is 5.55. The first-order valence-electron chi connectivity index (χ1n) is 6.89. The van der Waals surface area contributed by atoms with Gasteiger partial charge < -0.3 is 4.74 Å². The van der Waals surface area contributed by atoms with Gasteiger partial charge in [-0.25, -0.2) is 9.37 Å². The number of nitrogens with one attached hydrogen (secondary N) is 1. The number of rotatable bonds is 5. The zero-order valence-corrected chi connectivity index (χ0v) is 13.2. The van der Waals surface area contributed by atoms with Crippen molar-refractivity contribution in [3.05, 3.63) is 65.3 Å². The normalized spacial score (nSPS) is 10.9. The molecule has 0 amide bonds. The highest BCUT2D eigenvalue weighted by molar-refractivity contribution is 7.14. The van der Waals surface area contributed by atoms with Gasteiger partial charge in [0.25, 0.3) is 0 Å². The summed E-state index contributed by atoms with van der Waals surface area (Å²) in [6, 6.07) is 13.8. The number of benzene rings is 2. The van der Waals surface area contributed by atoms with Gasteiger partial charge in [-0.3, -0.25) is 5.43 Å². The minimum absolute atomic E-state index is 0.266. The lowest BCUT2D eigenvalue weighted by Crippen LogP contribution is -1.90. The molecular weight excluding hydrogens is 313 g/mol. The van der Waals surface area contributed by atoms with Crippen molar-refractivity contribution in [1.82, 2.24) is 4.98 Å². The topological polar surface area (TPSA) is 46.5 Å². The summed E-state index contributed by atoms with van der Waals surface area (Å²) in [5.74, 6) is 0.525. The van der Waals surface area contributed by atoms with Gasteiger partial charge in [-0.1, -0.05) is 24.3 Å². The lowest BCUT2D eigenvalue weighted by Gasteiger charge is -2.01. The number of thiazole rings is 1. The molecular formula is C17H14FN3OS. The van der Waals surface area contributed by atoms with Gasteiger partial charge in [0.2, 0.25) is 5.13 Å². The second kappa shape index (κ2) is 7.02. The highest BCUT2D eigenvalue weighted by Gasteiger charge is 2.05. The fourth-order valence-electron chi connectivity index (χ4n) is 1.95. The quantitative estimate of drug-likeness (QED) is 0.558. The van der Waals surface area contributed by atoms with Crippen LogP contribution in [0, 0.1) is 5.82 Å². The zero-order chi connectivity index (χ0) is 16.1. The second-order valence-electron chi connectivity index (χ2n) is 4.69. The Morgan fingerprint density at radius 1 is 1.22 bits per heavy atom. The minimum atomic E-state index is -0.266. The largest absolute Gasteiger partial charge is 0.497 e. The van der Waals surface area contributed by atoms with Crippen molar-refractivity contribution in [2.24, 2.45) is 5.10 Å². The standard InChI is InChI=1S/C17H14FN3OS/c1-22-15-4-2-3-13(9-15)16-11-23-17(20-16)21-19-10-12-5-7-14(18)8-6-12/h2-11H,1H3,(H,20,21)/b19-10-. The van der Waals surface area contributed by atoms with Crippen molar-refractivity contribution < 1.29 is 9.13 Å². The van der Waals surface area contributed by atoms with Crippen molar-refractivity contribution in [3.63, 3.8) is 0 Å². The fraction of sp³-hybridized carbons (Fsp3) is 0.0588. The van der Waals surface area contributed by atoms with Gasteiger partial charge >= 0.3 is 0 Å². The molecule has 4 nitrogen and oxygen atoms in total. The van der Waals surface area contributed by atoms with Crippen LogP contribution in [0.3, 0.4) is 0 Å². The number of aromatic nitrogens is 1. The number of halogens is 1. The highest BCUT2D eigenvalue weighted by Crippen LogP contribution is 2.27. The predicted octanol–water partition coefficient (Wildman–Crippen LogP) is 4.40. The van der Waals surface area contributed by atoms with Gasteiger partial charge in [-0.15, -0.1) is 11.3 Å². The third-order valence-electron chi connectivity index (χ3n) is 3.11. The molecule has 0 bridgehead atoms. The number of hydrogen-bond acceptors (Lipinski definition) is 5. The van der Waals surface area contributed by atoms with E-state index < -0.39 is 0 Å². The summed E-state index contributed by atoms with van der Waals surface area (Å²) >= 11 is 1.46. The number of hydrazone groups is 1. The molecule has 2 aromatic carbocycles. The van der Waals surface area contributed by atoms with E-state index in [9.17, 15) is 4.39 Å². The molecule has 0 aliphatic rings. The van der Waals surface area contributed by atoms with E-state index >= 15 is 0 Å². The van der Waals surface area contributed by atoms with Crippen LogP contribution in [-0.4, -0.2) is 18.3 Å². The molecule has 0 aliphatic carbocycles. The first kappa shape index (κ1) is 15.2. The van der Waals surface area contributed by atoms with Gasteiger partial charge in [0.15, 0.2) is 0 Å². The van der Waals surface area contributed by atoms with Gasteiger partial charge in [-0.2, -0.15) is 5.10 Å². The molecule has 0 radical (unpaired) electrons. The van der Waals surface area contributed by atoms with Gasteiger partial charge in [0.05, 0.1) is 19.0 Å². The van der Waals surface area contributed by atoms with Crippen LogP contribution in [0.25, 0.3) is 11.3 Å². The first-order valence-corrected chi connectivity index (χ1v) is 7.77. The van der Waals surface area contributed by atoms with Crippen LogP contribution in [0.1, 0.15) is 5.56 Å². The summed E-state index contributed by atoms with van der Waals surface area (Å²) in [7, 11) is 1.64. The summed E-state index contributed by atoms with van der Waals surface area (Å²) in [6.45, 7) is 0. The third kappa shape index (κ3) is 3.92. The van der Waals surface area contributed by atoms with E-state index in [1.165, 1.54) is 23.5 Å². The van der Waals surface area contributed by atoms with E-state index in [2.05, 4.69) is 15.5 Å².